The van der Waals surface area contributed by atoms with Gasteiger partial charge in [0.25, 0.3) is 0 Å². The lowest BCUT2D eigenvalue weighted by Crippen LogP contribution is -2.71. The molecule has 3 aliphatic heterocycles. The second kappa shape index (κ2) is 11.4. The summed E-state index contributed by atoms with van der Waals surface area (Å²) in [5.41, 5.74) is 9.83. The highest BCUT2D eigenvalue weighted by molar-refractivity contribution is 5.86. The molecule has 3 fully saturated rings. The molecule has 0 aromatic carbocycles. The molecule has 0 saturated carbocycles. The lowest BCUT2D eigenvalue weighted by Gasteiger charge is -2.59. The molecule has 0 bridgehead atoms. The zero-order valence-electron chi connectivity index (χ0n) is 24.5. The van der Waals surface area contributed by atoms with E-state index in [1.807, 2.05) is 15.8 Å². The summed E-state index contributed by atoms with van der Waals surface area (Å²) in [5, 5.41) is 7.95. The topological polar surface area (TPSA) is 131 Å². The largest absolute Gasteiger partial charge is 0.495 e. The Kier molecular flexibility index (Phi) is 7.69. The number of nitrogens with one attached hydrogen (secondary N) is 1. The van der Waals surface area contributed by atoms with Crippen LogP contribution in [0.25, 0.3) is 11.0 Å². The van der Waals surface area contributed by atoms with E-state index in [0.29, 0.717) is 35.8 Å². The summed E-state index contributed by atoms with van der Waals surface area (Å²) in [5.74, 6) is 2.25. The normalized spacial score (nSPS) is 19.3. The number of aromatic nitrogens is 5. The Balaban J connectivity index is 1.08. The van der Waals surface area contributed by atoms with Gasteiger partial charge in [0.15, 0.2) is 5.82 Å². The van der Waals surface area contributed by atoms with Crippen molar-refractivity contribution in [1.82, 2.24) is 39.4 Å². The highest BCUT2D eigenvalue weighted by atomic mass is 16.5. The van der Waals surface area contributed by atoms with Crippen molar-refractivity contribution in [3.63, 3.8) is 0 Å². The standard InChI is InChI=1S/C29H42N10O2/c1-4-5-8-31-27-26-22(34-28(30)35-27)13-33-39(26)14-23-24(41-3)11-21(12-32-23)20-6-9-38(10-7-20)25(40)15-37-18-29(19-37)16-36(2)17-29/h11-13,20H,4-10,14-19H2,1-3H3,(H3,30,31,34,35). The Morgan fingerprint density at radius 1 is 1.17 bits per heavy atom. The molecule has 3 aliphatic rings. The van der Waals surface area contributed by atoms with Crippen LogP contribution in [0.3, 0.4) is 0 Å². The minimum absolute atomic E-state index is 0.222. The fourth-order valence-corrected chi connectivity index (χ4v) is 6.86. The predicted molar refractivity (Wildman–Crippen MR) is 158 cm³/mol. The summed E-state index contributed by atoms with van der Waals surface area (Å²) < 4.78 is 7.63. The maximum Gasteiger partial charge on any atom is 0.236 e. The molecule has 0 radical (unpaired) electrons. The molecule has 3 N–H and O–H groups in total. The van der Waals surface area contributed by atoms with Gasteiger partial charge in [-0.15, -0.1) is 0 Å². The minimum atomic E-state index is 0.222. The number of anilines is 2. The third-order valence-corrected chi connectivity index (χ3v) is 8.81. The molecule has 3 saturated heterocycles. The Morgan fingerprint density at radius 3 is 2.66 bits per heavy atom. The first kappa shape index (κ1) is 27.6. The van der Waals surface area contributed by atoms with Gasteiger partial charge in [-0.3, -0.25) is 19.4 Å². The van der Waals surface area contributed by atoms with Gasteiger partial charge in [0.1, 0.15) is 22.5 Å². The van der Waals surface area contributed by atoms with Crippen molar-refractivity contribution in [3.05, 3.63) is 29.7 Å². The van der Waals surface area contributed by atoms with Crippen molar-refractivity contribution in [2.75, 3.05) is 77.6 Å². The number of likely N-dealkylation sites (tertiary alicyclic amines) is 3. The number of rotatable bonds is 10. The average Bonchev–Trinajstić information content (AvgIpc) is 3.33. The highest BCUT2D eigenvalue weighted by Gasteiger charge is 2.50. The van der Waals surface area contributed by atoms with Crippen LogP contribution in [0.4, 0.5) is 11.8 Å². The lowest BCUT2D eigenvalue weighted by atomic mass is 9.73. The minimum Gasteiger partial charge on any atom is -0.495 e. The quantitative estimate of drug-likeness (QED) is 0.354. The molecule has 3 aromatic heterocycles. The molecule has 0 aliphatic carbocycles. The molecule has 0 unspecified atom stereocenters. The van der Waals surface area contributed by atoms with Gasteiger partial charge in [-0.25, -0.2) is 4.98 Å². The van der Waals surface area contributed by atoms with E-state index in [1.165, 1.54) is 13.1 Å². The summed E-state index contributed by atoms with van der Waals surface area (Å²) in [7, 11) is 3.84. The number of hydrogen-bond donors (Lipinski definition) is 2. The number of piperidine rings is 1. The number of ether oxygens (including phenoxy) is 1. The van der Waals surface area contributed by atoms with Crippen LogP contribution >= 0.6 is 0 Å². The maximum absolute atomic E-state index is 12.9. The summed E-state index contributed by atoms with van der Waals surface area (Å²) in [6, 6.07) is 2.10. The Labute approximate surface area is 241 Å². The number of carbonyl (C=O) groups excluding carboxylic acids is 1. The Morgan fingerprint density at radius 2 is 1.95 bits per heavy atom. The summed E-state index contributed by atoms with van der Waals surface area (Å²) in [6.45, 7) is 9.93. The van der Waals surface area contributed by atoms with E-state index >= 15 is 0 Å². The van der Waals surface area contributed by atoms with Crippen molar-refractivity contribution in [1.29, 1.82) is 0 Å². The molecule has 220 valence electrons. The third-order valence-electron chi connectivity index (χ3n) is 8.81. The van der Waals surface area contributed by atoms with E-state index in [4.69, 9.17) is 15.5 Å². The first-order valence-electron chi connectivity index (χ1n) is 14.8. The van der Waals surface area contributed by atoms with Crippen LogP contribution in [-0.2, 0) is 11.3 Å². The molecule has 6 heterocycles. The Bertz CT molecular complexity index is 1390. The fraction of sp³-hybridized carbons (Fsp3) is 0.621. The third kappa shape index (κ3) is 5.67. The first-order valence-corrected chi connectivity index (χ1v) is 14.8. The fourth-order valence-electron chi connectivity index (χ4n) is 6.86. The van der Waals surface area contributed by atoms with E-state index in [0.717, 1.165) is 80.9 Å². The number of nitrogen functional groups attached to an aromatic ring is 1. The maximum atomic E-state index is 12.9. The molecule has 1 amide bonds. The number of pyridine rings is 1. The van der Waals surface area contributed by atoms with Crippen molar-refractivity contribution in [2.24, 2.45) is 5.41 Å². The number of amides is 1. The van der Waals surface area contributed by atoms with E-state index in [-0.39, 0.29) is 11.9 Å². The van der Waals surface area contributed by atoms with Crippen LogP contribution in [-0.4, -0.2) is 112 Å². The number of hydrogen-bond acceptors (Lipinski definition) is 10. The molecule has 12 heteroatoms. The number of nitrogens with two attached hydrogens (primary N) is 1. The van der Waals surface area contributed by atoms with Crippen LogP contribution in [0.1, 0.15) is 49.8 Å². The van der Waals surface area contributed by atoms with Crippen LogP contribution < -0.4 is 15.8 Å². The van der Waals surface area contributed by atoms with Gasteiger partial charge in [-0.1, -0.05) is 13.3 Å². The number of methoxy groups -OCH3 is 1. The zero-order chi connectivity index (χ0) is 28.6. The Hall–Kier alpha value is -3.51. The van der Waals surface area contributed by atoms with E-state index in [1.54, 1.807) is 13.3 Å². The number of unbranched alkanes of at least 4 members (excludes halogenated alkanes) is 1. The molecule has 41 heavy (non-hydrogen) atoms. The van der Waals surface area contributed by atoms with Gasteiger partial charge < -0.3 is 25.6 Å². The van der Waals surface area contributed by atoms with Gasteiger partial charge in [0.2, 0.25) is 11.9 Å². The summed E-state index contributed by atoms with van der Waals surface area (Å²) >= 11 is 0. The monoisotopic (exact) mass is 562 g/mol. The molecular formula is C29H42N10O2. The van der Waals surface area contributed by atoms with E-state index in [2.05, 4.69) is 50.2 Å². The second-order valence-corrected chi connectivity index (χ2v) is 12.1. The van der Waals surface area contributed by atoms with E-state index in [9.17, 15) is 4.79 Å². The van der Waals surface area contributed by atoms with Crippen LogP contribution in [0.15, 0.2) is 18.5 Å². The van der Waals surface area contributed by atoms with Crippen LogP contribution in [0.2, 0.25) is 0 Å². The van der Waals surface area contributed by atoms with Gasteiger partial charge in [0.05, 0.1) is 26.4 Å². The van der Waals surface area contributed by atoms with Crippen LogP contribution in [0.5, 0.6) is 5.75 Å². The molecular weight excluding hydrogens is 520 g/mol. The molecule has 6 rings (SSSR count). The molecule has 12 nitrogen and oxygen atoms in total. The molecule has 1 spiro atoms. The van der Waals surface area contributed by atoms with Gasteiger partial charge >= 0.3 is 0 Å². The van der Waals surface area contributed by atoms with Crippen molar-refractivity contribution < 1.29 is 9.53 Å². The SMILES string of the molecule is CCCCNc1nc(N)nc2cnn(Cc3ncc(C4CCN(C(=O)CN5CC6(CN(C)C6)C5)CC4)cc3OC)c12. The van der Waals surface area contributed by atoms with Gasteiger partial charge in [-0.2, -0.15) is 10.1 Å². The highest BCUT2D eigenvalue weighted by Crippen LogP contribution is 2.38. The van der Waals surface area contributed by atoms with Crippen molar-refractivity contribution in [2.45, 2.75) is 45.1 Å². The molecule has 0 atom stereocenters. The predicted octanol–water partition coefficient (Wildman–Crippen LogP) is 2.03. The average molecular weight is 563 g/mol. The first-order chi connectivity index (χ1) is 19.9. The number of nitrogens with zero attached hydrogens (tertiary/aromatic N) is 8. The molecule has 3 aromatic rings. The van der Waals surface area contributed by atoms with E-state index < -0.39 is 0 Å². The van der Waals surface area contributed by atoms with Crippen molar-refractivity contribution in [3.8, 4) is 5.75 Å². The van der Waals surface area contributed by atoms with Crippen molar-refractivity contribution >= 4 is 28.7 Å². The number of fused-ring (bicyclic) bond motifs is 1. The van der Waals surface area contributed by atoms with Crippen LogP contribution in [0, 0.1) is 5.41 Å². The second-order valence-electron chi connectivity index (χ2n) is 12.1. The van der Waals surface area contributed by atoms with Gasteiger partial charge in [-0.05, 0) is 43.9 Å². The van der Waals surface area contributed by atoms with Gasteiger partial charge in [0, 0.05) is 57.4 Å². The number of carbonyl (C=O) groups is 1. The summed E-state index contributed by atoms with van der Waals surface area (Å²) in [4.78, 5) is 33.3. The summed E-state index contributed by atoms with van der Waals surface area (Å²) in [6.07, 6.45) is 7.63. The zero-order valence-corrected chi connectivity index (χ0v) is 24.5. The smallest absolute Gasteiger partial charge is 0.236 e. The lowest BCUT2D eigenvalue weighted by molar-refractivity contribution is -0.143.